The predicted octanol–water partition coefficient (Wildman–Crippen LogP) is 3.00. The minimum Gasteiger partial charge on any atom is -0.475 e. The van der Waals surface area contributed by atoms with Crippen LogP contribution in [-0.4, -0.2) is 68.5 Å². The number of aliphatic carboxylic acids is 1. The Labute approximate surface area is 181 Å². The van der Waals surface area contributed by atoms with Crippen molar-refractivity contribution < 1.29 is 32.5 Å². The quantitative estimate of drug-likeness (QED) is 0.744. The number of carboxylic acid groups (broad SMARTS) is 1. The molecule has 2 aliphatic rings. The van der Waals surface area contributed by atoms with E-state index in [1.807, 2.05) is 12.4 Å². The van der Waals surface area contributed by atoms with Crippen molar-refractivity contribution in [2.75, 3.05) is 19.7 Å². The molecule has 0 bridgehead atoms. The van der Waals surface area contributed by atoms with E-state index >= 15 is 0 Å². The molecule has 0 amide bonds. The lowest BCUT2D eigenvalue weighted by molar-refractivity contribution is -0.192. The highest BCUT2D eigenvalue weighted by Crippen LogP contribution is 2.36. The van der Waals surface area contributed by atoms with Crippen molar-refractivity contribution in [3.05, 3.63) is 34.2 Å². The van der Waals surface area contributed by atoms with Crippen LogP contribution in [0.5, 0.6) is 5.88 Å². The summed E-state index contributed by atoms with van der Waals surface area (Å²) in [6.45, 7) is 7.64. The van der Waals surface area contributed by atoms with Gasteiger partial charge in [-0.25, -0.2) is 14.8 Å². The topological polar surface area (TPSA) is 97.7 Å². The Morgan fingerprint density at radius 1 is 1.39 bits per heavy atom. The smallest absolute Gasteiger partial charge is 0.475 e. The highest BCUT2D eigenvalue weighted by atomic mass is 32.1. The van der Waals surface area contributed by atoms with E-state index in [9.17, 15) is 13.2 Å². The van der Waals surface area contributed by atoms with Gasteiger partial charge in [0.25, 0.3) is 0 Å². The van der Waals surface area contributed by atoms with Crippen LogP contribution in [0.1, 0.15) is 29.1 Å². The maximum absolute atomic E-state index is 10.6. The third kappa shape index (κ3) is 6.34. The van der Waals surface area contributed by atoms with Crippen LogP contribution in [0.25, 0.3) is 0 Å². The molecule has 0 saturated carbocycles. The summed E-state index contributed by atoms with van der Waals surface area (Å²) in [6, 6.07) is 0. The van der Waals surface area contributed by atoms with Crippen LogP contribution in [0, 0.1) is 13.8 Å². The van der Waals surface area contributed by atoms with Crippen LogP contribution in [0.15, 0.2) is 17.9 Å². The van der Waals surface area contributed by atoms with Gasteiger partial charge in [0, 0.05) is 43.5 Å². The molecular weight excluding hydrogens is 437 g/mol. The molecule has 4 heterocycles. The number of alkyl halides is 3. The summed E-state index contributed by atoms with van der Waals surface area (Å²) in [5.74, 6) is -2.14. The van der Waals surface area contributed by atoms with Crippen molar-refractivity contribution in [3.63, 3.8) is 0 Å². The molecule has 2 fully saturated rings. The first-order chi connectivity index (χ1) is 14.6. The molecule has 31 heavy (non-hydrogen) atoms. The maximum Gasteiger partial charge on any atom is 0.490 e. The van der Waals surface area contributed by atoms with E-state index in [1.54, 1.807) is 23.7 Å². The average molecular weight is 460 g/mol. The monoisotopic (exact) mass is 460 g/mol. The van der Waals surface area contributed by atoms with Gasteiger partial charge in [-0.05, 0) is 13.8 Å². The normalized spacial score (nSPS) is 20.5. The number of carbonyl (C=O) groups is 1. The van der Waals surface area contributed by atoms with Crippen molar-refractivity contribution in [3.8, 4) is 5.88 Å². The van der Waals surface area contributed by atoms with Gasteiger partial charge >= 0.3 is 12.1 Å². The molecule has 1 N–H and O–H groups in total. The molecule has 0 radical (unpaired) electrons. The van der Waals surface area contributed by atoms with E-state index in [4.69, 9.17) is 19.4 Å². The number of carboxylic acids is 1. The molecule has 2 saturated heterocycles. The van der Waals surface area contributed by atoms with Crippen LogP contribution in [0.2, 0.25) is 0 Å². The standard InChI is InChI=1S/C17H22N4O2S.C2HF3O2/c1-12-6-18-7-16(20-12)23-14-3-4-22-17(5-14)9-21(10-17)8-15-13(2)19-11-24-15;3-2(4,5)1(6)7/h6-7,11,14H,3-5,8-10H2,1-2H3;(H,6,7). The van der Waals surface area contributed by atoms with Crippen LogP contribution in [0.4, 0.5) is 13.2 Å². The Morgan fingerprint density at radius 2 is 2.10 bits per heavy atom. The molecule has 1 spiro atoms. The Hall–Kier alpha value is -2.31. The number of aromatic nitrogens is 3. The Kier molecular flexibility index (Phi) is 7.12. The number of nitrogens with zero attached hydrogens (tertiary/aromatic N) is 4. The summed E-state index contributed by atoms with van der Waals surface area (Å²) in [4.78, 5) is 25.5. The van der Waals surface area contributed by atoms with Crippen LogP contribution in [-0.2, 0) is 16.1 Å². The number of thiazole rings is 1. The third-order valence-corrected chi connectivity index (χ3v) is 5.87. The van der Waals surface area contributed by atoms with Gasteiger partial charge in [-0.3, -0.25) is 9.88 Å². The summed E-state index contributed by atoms with van der Waals surface area (Å²) in [7, 11) is 0. The summed E-state index contributed by atoms with van der Waals surface area (Å²) in [5, 5.41) is 7.12. The van der Waals surface area contributed by atoms with Crippen LogP contribution < -0.4 is 4.74 Å². The van der Waals surface area contributed by atoms with Crippen LogP contribution >= 0.6 is 11.3 Å². The van der Waals surface area contributed by atoms with E-state index < -0.39 is 12.1 Å². The molecule has 8 nitrogen and oxygen atoms in total. The minimum atomic E-state index is -5.08. The SMILES string of the molecule is Cc1cncc(OC2CCOC3(C2)CN(Cc2scnc2C)C3)n1.O=C(O)C(F)(F)F. The predicted molar refractivity (Wildman–Crippen MR) is 105 cm³/mol. The molecule has 2 aliphatic heterocycles. The number of halogens is 3. The summed E-state index contributed by atoms with van der Waals surface area (Å²) >= 11 is 1.73. The van der Waals surface area contributed by atoms with Crippen molar-refractivity contribution >= 4 is 17.3 Å². The molecular formula is C19H23F3N4O4S. The Morgan fingerprint density at radius 3 is 2.68 bits per heavy atom. The lowest BCUT2D eigenvalue weighted by Gasteiger charge is -2.53. The van der Waals surface area contributed by atoms with Gasteiger partial charge in [0.2, 0.25) is 5.88 Å². The first kappa shape index (κ1) is 23.4. The van der Waals surface area contributed by atoms with E-state index in [1.165, 1.54) is 4.88 Å². The fourth-order valence-electron chi connectivity index (χ4n) is 3.53. The highest BCUT2D eigenvalue weighted by molar-refractivity contribution is 7.09. The lowest BCUT2D eigenvalue weighted by atomic mass is 9.84. The molecule has 170 valence electrons. The molecule has 2 aromatic heterocycles. The number of likely N-dealkylation sites (tertiary alicyclic amines) is 1. The molecule has 1 unspecified atom stereocenters. The molecule has 2 aromatic rings. The lowest BCUT2D eigenvalue weighted by Crippen LogP contribution is -2.65. The van der Waals surface area contributed by atoms with Crippen molar-refractivity contribution in [2.24, 2.45) is 0 Å². The zero-order chi connectivity index (χ0) is 22.6. The van der Waals surface area contributed by atoms with Gasteiger partial charge in [-0.1, -0.05) is 0 Å². The van der Waals surface area contributed by atoms with E-state index in [0.29, 0.717) is 5.88 Å². The first-order valence-corrected chi connectivity index (χ1v) is 10.4. The molecule has 0 aliphatic carbocycles. The molecule has 0 aromatic carbocycles. The number of ether oxygens (including phenoxy) is 2. The maximum atomic E-state index is 10.6. The summed E-state index contributed by atoms with van der Waals surface area (Å²) < 4.78 is 43.9. The second kappa shape index (κ2) is 9.45. The van der Waals surface area contributed by atoms with E-state index in [-0.39, 0.29) is 11.7 Å². The summed E-state index contributed by atoms with van der Waals surface area (Å²) in [6.07, 6.45) is 0.326. The molecule has 12 heteroatoms. The largest absolute Gasteiger partial charge is 0.490 e. The average Bonchev–Trinajstić information content (AvgIpc) is 3.05. The minimum absolute atomic E-state index is 0.0568. The van der Waals surface area contributed by atoms with Gasteiger partial charge < -0.3 is 14.6 Å². The Balaban J connectivity index is 0.000000339. The second-order valence-corrected chi connectivity index (χ2v) is 8.51. The molecule has 4 rings (SSSR count). The van der Waals surface area contributed by atoms with Gasteiger partial charge in [-0.15, -0.1) is 11.3 Å². The van der Waals surface area contributed by atoms with Gasteiger partial charge in [0.1, 0.15) is 6.10 Å². The highest BCUT2D eigenvalue weighted by Gasteiger charge is 2.48. The summed E-state index contributed by atoms with van der Waals surface area (Å²) in [5.41, 5.74) is 3.89. The Bertz CT molecular complexity index is 902. The number of aryl methyl sites for hydroxylation is 2. The molecule has 1 atom stereocenters. The van der Waals surface area contributed by atoms with Gasteiger partial charge in [0.05, 0.1) is 35.3 Å². The van der Waals surface area contributed by atoms with Gasteiger partial charge in [0.15, 0.2) is 0 Å². The number of hydrogen-bond donors (Lipinski definition) is 1. The van der Waals surface area contributed by atoms with Crippen molar-refractivity contribution in [2.45, 2.75) is 51.1 Å². The number of rotatable bonds is 4. The van der Waals surface area contributed by atoms with Crippen LogP contribution in [0.3, 0.4) is 0 Å². The fourth-order valence-corrected chi connectivity index (χ4v) is 4.35. The zero-order valence-electron chi connectivity index (χ0n) is 17.1. The van der Waals surface area contributed by atoms with E-state index in [2.05, 4.69) is 26.8 Å². The first-order valence-electron chi connectivity index (χ1n) is 9.57. The van der Waals surface area contributed by atoms with E-state index in [0.717, 1.165) is 50.5 Å². The third-order valence-electron chi connectivity index (χ3n) is 4.95. The van der Waals surface area contributed by atoms with Crippen molar-refractivity contribution in [1.29, 1.82) is 0 Å². The fraction of sp³-hybridized carbons (Fsp3) is 0.579. The number of hydrogen-bond acceptors (Lipinski definition) is 8. The van der Waals surface area contributed by atoms with Crippen molar-refractivity contribution in [1.82, 2.24) is 19.9 Å². The zero-order valence-corrected chi connectivity index (χ0v) is 17.9. The second-order valence-electron chi connectivity index (χ2n) is 7.57. The van der Waals surface area contributed by atoms with Gasteiger partial charge in [-0.2, -0.15) is 13.2 Å².